The topological polar surface area (TPSA) is 37.4 Å². The summed E-state index contributed by atoms with van der Waals surface area (Å²) in [5, 5.41) is 0. The minimum absolute atomic E-state index is 0.0205. The third kappa shape index (κ3) is 2.39. The van der Waals surface area contributed by atoms with E-state index >= 15 is 0 Å². The molecule has 3 rings (SSSR count). The summed E-state index contributed by atoms with van der Waals surface area (Å²) < 4.78 is 0. The molecule has 3 atom stereocenters. The molecule has 0 spiro atoms. The van der Waals surface area contributed by atoms with E-state index in [2.05, 4.69) is 32.9 Å². The van der Waals surface area contributed by atoms with E-state index in [1.807, 2.05) is 23.1 Å². The summed E-state index contributed by atoms with van der Waals surface area (Å²) in [5.41, 5.74) is 0.931. The normalized spacial score (nSPS) is 29.7. The number of likely N-dealkylation sites (tertiary alicyclic amines) is 1. The van der Waals surface area contributed by atoms with Crippen LogP contribution in [0, 0.1) is 11.8 Å². The molecule has 1 amide bonds. The summed E-state index contributed by atoms with van der Waals surface area (Å²) in [6.45, 7) is 6.25. The van der Waals surface area contributed by atoms with Gasteiger partial charge in [0.1, 0.15) is 5.78 Å². The van der Waals surface area contributed by atoms with Gasteiger partial charge in [0.15, 0.2) is 0 Å². The van der Waals surface area contributed by atoms with Gasteiger partial charge in [-0.1, -0.05) is 30.3 Å². The van der Waals surface area contributed by atoms with Crippen LogP contribution in [0.25, 0.3) is 0 Å². The Morgan fingerprint density at radius 1 is 1.10 bits per heavy atom. The third-order valence-corrected chi connectivity index (χ3v) is 4.82. The molecule has 2 aliphatic rings. The highest BCUT2D eigenvalue weighted by Gasteiger charge is 2.53. The summed E-state index contributed by atoms with van der Waals surface area (Å²) in [7, 11) is 0. The molecule has 1 aliphatic carbocycles. The van der Waals surface area contributed by atoms with Crippen molar-refractivity contribution in [1.29, 1.82) is 0 Å². The fourth-order valence-corrected chi connectivity index (χ4v) is 3.98. The van der Waals surface area contributed by atoms with Crippen molar-refractivity contribution >= 4 is 11.7 Å². The largest absolute Gasteiger partial charge is 0.330 e. The molecule has 1 aromatic rings. The van der Waals surface area contributed by atoms with E-state index < -0.39 is 0 Å². The monoisotopic (exact) mass is 285 g/mol. The first-order valence-electron chi connectivity index (χ1n) is 7.79. The van der Waals surface area contributed by atoms with Crippen LogP contribution >= 0.6 is 0 Å². The maximum atomic E-state index is 12.9. The zero-order chi connectivity index (χ0) is 15.2. The fourth-order valence-electron chi connectivity index (χ4n) is 3.98. The van der Waals surface area contributed by atoms with Crippen LogP contribution in [0.3, 0.4) is 0 Å². The average molecular weight is 285 g/mol. The standard InChI is InChI=1S/C18H23NO2/c1-18(2,3)19-16(12-7-5-4-6-8-12)15-11-13(20)9-10-14(15)17(19)21/h4-8,14-16H,9-11H2,1-3H3/t14-,15+,16-/m0/s1. The first-order valence-corrected chi connectivity index (χ1v) is 7.79. The van der Waals surface area contributed by atoms with Crippen LogP contribution in [0.4, 0.5) is 0 Å². The van der Waals surface area contributed by atoms with Crippen LogP contribution in [0.1, 0.15) is 51.6 Å². The van der Waals surface area contributed by atoms with Crippen molar-refractivity contribution < 1.29 is 9.59 Å². The molecular formula is C18H23NO2. The molecule has 2 fully saturated rings. The molecule has 0 aromatic heterocycles. The van der Waals surface area contributed by atoms with Gasteiger partial charge in [0.05, 0.1) is 6.04 Å². The van der Waals surface area contributed by atoms with Gasteiger partial charge in [-0.25, -0.2) is 0 Å². The van der Waals surface area contributed by atoms with Crippen LogP contribution in [-0.4, -0.2) is 22.1 Å². The molecule has 112 valence electrons. The van der Waals surface area contributed by atoms with Crippen LogP contribution in [-0.2, 0) is 9.59 Å². The lowest BCUT2D eigenvalue weighted by atomic mass is 9.76. The molecule has 0 unspecified atom stereocenters. The Bertz CT molecular complexity index is 558. The van der Waals surface area contributed by atoms with Gasteiger partial charge >= 0.3 is 0 Å². The molecular weight excluding hydrogens is 262 g/mol. The van der Waals surface area contributed by atoms with Crippen molar-refractivity contribution in [3.63, 3.8) is 0 Å². The van der Waals surface area contributed by atoms with Gasteiger partial charge in [-0.15, -0.1) is 0 Å². The zero-order valence-electron chi connectivity index (χ0n) is 13.0. The second-order valence-electron chi connectivity index (χ2n) is 7.29. The summed E-state index contributed by atoms with van der Waals surface area (Å²) in [6.07, 6.45) is 1.83. The number of rotatable bonds is 1. The van der Waals surface area contributed by atoms with E-state index in [1.54, 1.807) is 0 Å². The molecule has 1 aliphatic heterocycles. The molecule has 0 N–H and O–H groups in total. The summed E-state index contributed by atoms with van der Waals surface area (Å²) in [4.78, 5) is 26.8. The van der Waals surface area contributed by atoms with Crippen molar-refractivity contribution in [1.82, 2.24) is 4.90 Å². The number of hydrogen-bond donors (Lipinski definition) is 0. The molecule has 1 aromatic carbocycles. The maximum Gasteiger partial charge on any atom is 0.227 e. The number of carbonyl (C=O) groups excluding carboxylic acids is 2. The van der Waals surface area contributed by atoms with E-state index in [1.165, 1.54) is 0 Å². The Morgan fingerprint density at radius 2 is 1.76 bits per heavy atom. The Hall–Kier alpha value is -1.64. The van der Waals surface area contributed by atoms with Gasteiger partial charge in [0.2, 0.25) is 5.91 Å². The molecule has 1 saturated carbocycles. The highest BCUT2D eigenvalue weighted by molar-refractivity contribution is 5.88. The fraction of sp³-hybridized carbons (Fsp3) is 0.556. The SMILES string of the molecule is CC(C)(C)N1C(=O)[C@H]2CCC(=O)C[C@H]2[C@@H]1c1ccccc1. The minimum atomic E-state index is -0.224. The second kappa shape index (κ2) is 4.97. The number of hydrogen-bond acceptors (Lipinski definition) is 2. The van der Waals surface area contributed by atoms with Crippen molar-refractivity contribution in [3.05, 3.63) is 35.9 Å². The summed E-state index contributed by atoms with van der Waals surface area (Å²) >= 11 is 0. The highest BCUT2D eigenvalue weighted by atomic mass is 16.2. The quantitative estimate of drug-likeness (QED) is 0.793. The Morgan fingerprint density at radius 3 is 2.38 bits per heavy atom. The Balaban J connectivity index is 2.06. The van der Waals surface area contributed by atoms with Gasteiger partial charge < -0.3 is 4.90 Å². The van der Waals surface area contributed by atoms with Gasteiger partial charge in [-0.05, 0) is 32.8 Å². The zero-order valence-corrected chi connectivity index (χ0v) is 13.0. The van der Waals surface area contributed by atoms with Crippen LogP contribution in [0.5, 0.6) is 0 Å². The number of nitrogens with zero attached hydrogens (tertiary/aromatic N) is 1. The van der Waals surface area contributed by atoms with E-state index in [4.69, 9.17) is 0 Å². The molecule has 0 bridgehead atoms. The van der Waals surface area contributed by atoms with Gasteiger partial charge in [-0.2, -0.15) is 0 Å². The van der Waals surface area contributed by atoms with Crippen LogP contribution in [0.15, 0.2) is 30.3 Å². The van der Waals surface area contributed by atoms with Crippen LogP contribution in [0.2, 0.25) is 0 Å². The van der Waals surface area contributed by atoms with Crippen LogP contribution < -0.4 is 0 Å². The number of amides is 1. The predicted octanol–water partition coefficient (Wildman–Crippen LogP) is 3.35. The van der Waals surface area contributed by atoms with E-state index in [0.717, 1.165) is 12.0 Å². The first kappa shape index (κ1) is 14.3. The van der Waals surface area contributed by atoms with Gasteiger partial charge in [-0.3, -0.25) is 9.59 Å². The van der Waals surface area contributed by atoms with E-state index in [-0.39, 0.29) is 29.3 Å². The van der Waals surface area contributed by atoms with Gasteiger partial charge in [0, 0.05) is 30.2 Å². The molecule has 0 radical (unpaired) electrons. The maximum absolute atomic E-state index is 12.9. The summed E-state index contributed by atoms with van der Waals surface area (Å²) in [6, 6.07) is 10.2. The molecule has 3 nitrogen and oxygen atoms in total. The minimum Gasteiger partial charge on any atom is -0.330 e. The van der Waals surface area contributed by atoms with Crippen molar-refractivity contribution in [3.8, 4) is 0 Å². The Labute approximate surface area is 126 Å². The molecule has 3 heteroatoms. The first-order chi connectivity index (χ1) is 9.89. The second-order valence-corrected chi connectivity index (χ2v) is 7.29. The van der Waals surface area contributed by atoms with Crippen molar-refractivity contribution in [2.45, 2.75) is 51.6 Å². The molecule has 21 heavy (non-hydrogen) atoms. The summed E-state index contributed by atoms with van der Waals surface area (Å²) in [5.74, 6) is 0.696. The van der Waals surface area contributed by atoms with E-state index in [0.29, 0.717) is 18.6 Å². The lowest BCUT2D eigenvalue weighted by molar-refractivity contribution is -0.137. The van der Waals surface area contributed by atoms with Gasteiger partial charge in [0.25, 0.3) is 0 Å². The number of benzene rings is 1. The number of Topliss-reactive ketones (excluding diaryl/α,β-unsaturated/α-hetero) is 1. The number of fused-ring (bicyclic) bond motifs is 1. The van der Waals surface area contributed by atoms with E-state index in [9.17, 15) is 9.59 Å². The Kier molecular flexibility index (Phi) is 3.39. The van der Waals surface area contributed by atoms with Crippen molar-refractivity contribution in [2.24, 2.45) is 11.8 Å². The number of carbonyl (C=O) groups is 2. The van der Waals surface area contributed by atoms with Crippen molar-refractivity contribution in [2.75, 3.05) is 0 Å². The third-order valence-electron chi connectivity index (χ3n) is 4.82. The highest BCUT2D eigenvalue weighted by Crippen LogP contribution is 2.50. The molecule has 1 saturated heterocycles. The smallest absolute Gasteiger partial charge is 0.227 e. The lowest BCUT2D eigenvalue weighted by Crippen LogP contribution is -2.44. The lowest BCUT2D eigenvalue weighted by Gasteiger charge is -2.39. The number of ketones is 1. The average Bonchev–Trinajstić information content (AvgIpc) is 2.72. The predicted molar refractivity (Wildman–Crippen MR) is 81.6 cm³/mol. The molecule has 1 heterocycles.